The molecule has 0 aromatic heterocycles. The van der Waals surface area contributed by atoms with Gasteiger partial charge in [0, 0.05) is 12.2 Å². The zero-order valence-corrected chi connectivity index (χ0v) is 12.0. The van der Waals surface area contributed by atoms with E-state index in [2.05, 4.69) is 10.6 Å². The molecule has 1 amide bonds. The van der Waals surface area contributed by atoms with Crippen LogP contribution in [0.3, 0.4) is 0 Å². The molecule has 0 spiro atoms. The van der Waals surface area contributed by atoms with Gasteiger partial charge in [-0.2, -0.15) is 0 Å². The minimum absolute atomic E-state index is 0.0936. The van der Waals surface area contributed by atoms with Gasteiger partial charge in [0.15, 0.2) is 0 Å². The first-order valence-corrected chi connectivity index (χ1v) is 6.39. The summed E-state index contributed by atoms with van der Waals surface area (Å²) < 4.78 is 9.78. The number of benzene rings is 1. The largest absolute Gasteiger partial charge is 0.497 e. The lowest BCUT2D eigenvalue weighted by Crippen LogP contribution is -2.30. The molecular formula is C14H20N2O4. The number of anilines is 1. The highest BCUT2D eigenvalue weighted by atomic mass is 16.5. The molecule has 1 aromatic carbocycles. The van der Waals surface area contributed by atoms with Crippen molar-refractivity contribution in [3.8, 4) is 5.75 Å². The van der Waals surface area contributed by atoms with Crippen molar-refractivity contribution in [1.29, 1.82) is 0 Å². The zero-order chi connectivity index (χ0) is 15.0. The maximum absolute atomic E-state index is 11.7. The molecule has 0 aliphatic rings. The number of esters is 1. The number of methoxy groups -OCH3 is 2. The third-order valence-electron chi connectivity index (χ3n) is 2.64. The molecule has 110 valence electrons. The van der Waals surface area contributed by atoms with Gasteiger partial charge in [0.2, 0.25) is 5.91 Å². The van der Waals surface area contributed by atoms with Crippen LogP contribution in [-0.4, -0.2) is 39.2 Å². The number of carbonyl (C=O) groups excluding carboxylic acids is 2. The lowest BCUT2D eigenvalue weighted by Gasteiger charge is -2.12. The van der Waals surface area contributed by atoms with Gasteiger partial charge in [0.1, 0.15) is 5.75 Å². The quantitative estimate of drug-likeness (QED) is 0.739. The number of rotatable bonds is 7. The van der Waals surface area contributed by atoms with Crippen molar-refractivity contribution in [3.05, 3.63) is 23.8 Å². The molecule has 1 rings (SSSR count). The van der Waals surface area contributed by atoms with Crippen molar-refractivity contribution in [3.63, 3.8) is 0 Å². The Kier molecular flexibility index (Phi) is 6.36. The molecule has 0 aliphatic heterocycles. The maximum Gasteiger partial charge on any atom is 0.340 e. The van der Waals surface area contributed by atoms with Crippen LogP contribution < -0.4 is 15.4 Å². The zero-order valence-electron chi connectivity index (χ0n) is 12.0. The van der Waals surface area contributed by atoms with Crippen LogP contribution in [0.5, 0.6) is 5.75 Å². The van der Waals surface area contributed by atoms with Gasteiger partial charge in [-0.05, 0) is 24.6 Å². The van der Waals surface area contributed by atoms with Crippen molar-refractivity contribution in [1.82, 2.24) is 5.32 Å². The van der Waals surface area contributed by atoms with Crippen molar-refractivity contribution in [2.75, 3.05) is 32.6 Å². The van der Waals surface area contributed by atoms with E-state index >= 15 is 0 Å². The Bertz CT molecular complexity index is 474. The molecule has 20 heavy (non-hydrogen) atoms. The number of nitrogens with one attached hydrogen (secondary N) is 2. The highest BCUT2D eigenvalue weighted by molar-refractivity contribution is 5.96. The Hall–Kier alpha value is -2.24. The molecule has 0 aliphatic carbocycles. The van der Waals surface area contributed by atoms with Crippen molar-refractivity contribution in [2.45, 2.75) is 13.3 Å². The first kappa shape index (κ1) is 15.8. The first-order chi connectivity index (χ1) is 9.62. The van der Waals surface area contributed by atoms with Gasteiger partial charge in [-0.15, -0.1) is 0 Å². The predicted octanol–water partition coefficient (Wildman–Crippen LogP) is 1.42. The lowest BCUT2D eigenvalue weighted by molar-refractivity contribution is -0.119. The van der Waals surface area contributed by atoms with Gasteiger partial charge < -0.3 is 20.1 Å². The Morgan fingerprint density at radius 2 is 2.00 bits per heavy atom. The summed E-state index contributed by atoms with van der Waals surface area (Å²) in [5.74, 6) is -0.0646. The lowest BCUT2D eigenvalue weighted by atomic mass is 10.1. The molecule has 0 heterocycles. The second-order valence-electron chi connectivity index (χ2n) is 4.11. The molecule has 0 saturated carbocycles. The van der Waals surface area contributed by atoms with Crippen LogP contribution in [0.2, 0.25) is 0 Å². The van der Waals surface area contributed by atoms with E-state index in [0.717, 1.165) is 6.42 Å². The third kappa shape index (κ3) is 4.46. The molecule has 0 unspecified atom stereocenters. The summed E-state index contributed by atoms with van der Waals surface area (Å²) in [6, 6.07) is 4.95. The second-order valence-corrected chi connectivity index (χ2v) is 4.11. The normalized spacial score (nSPS) is 9.75. The summed E-state index contributed by atoms with van der Waals surface area (Å²) in [6.45, 7) is 2.70. The Morgan fingerprint density at radius 3 is 2.60 bits per heavy atom. The number of hydrogen-bond donors (Lipinski definition) is 2. The van der Waals surface area contributed by atoms with Gasteiger partial charge in [-0.25, -0.2) is 4.79 Å². The monoisotopic (exact) mass is 280 g/mol. The second kappa shape index (κ2) is 8.04. The minimum Gasteiger partial charge on any atom is -0.497 e. The number of hydrogen-bond acceptors (Lipinski definition) is 5. The fourth-order valence-electron chi connectivity index (χ4n) is 1.59. The van der Waals surface area contributed by atoms with E-state index in [1.165, 1.54) is 14.2 Å². The minimum atomic E-state index is -0.486. The van der Waals surface area contributed by atoms with E-state index in [0.29, 0.717) is 23.5 Å². The smallest absolute Gasteiger partial charge is 0.340 e. The SMILES string of the molecule is CCCNC(=O)CNc1ccc(OC)cc1C(=O)OC. The number of ether oxygens (including phenoxy) is 2. The van der Waals surface area contributed by atoms with E-state index in [1.54, 1.807) is 18.2 Å². The predicted molar refractivity (Wildman–Crippen MR) is 76.1 cm³/mol. The Balaban J connectivity index is 2.78. The van der Waals surface area contributed by atoms with Crippen LogP contribution in [-0.2, 0) is 9.53 Å². The van der Waals surface area contributed by atoms with Crippen molar-refractivity contribution < 1.29 is 19.1 Å². The molecule has 0 bridgehead atoms. The third-order valence-corrected chi connectivity index (χ3v) is 2.64. The molecule has 0 fully saturated rings. The van der Waals surface area contributed by atoms with Crippen LogP contribution in [0.25, 0.3) is 0 Å². The topological polar surface area (TPSA) is 76.7 Å². The fraction of sp³-hybridized carbons (Fsp3) is 0.429. The van der Waals surface area contributed by atoms with Crippen LogP contribution in [0, 0.1) is 0 Å². The molecule has 0 atom stereocenters. The fourth-order valence-corrected chi connectivity index (χ4v) is 1.59. The van der Waals surface area contributed by atoms with Crippen LogP contribution in [0.1, 0.15) is 23.7 Å². The van der Waals surface area contributed by atoms with E-state index in [-0.39, 0.29) is 12.5 Å². The molecule has 6 nitrogen and oxygen atoms in total. The van der Waals surface area contributed by atoms with E-state index < -0.39 is 5.97 Å². The molecule has 0 radical (unpaired) electrons. The van der Waals surface area contributed by atoms with E-state index in [9.17, 15) is 9.59 Å². The van der Waals surface area contributed by atoms with Crippen LogP contribution in [0.15, 0.2) is 18.2 Å². The number of carbonyl (C=O) groups is 2. The molecule has 0 saturated heterocycles. The van der Waals surface area contributed by atoms with E-state index in [4.69, 9.17) is 9.47 Å². The molecule has 1 aromatic rings. The van der Waals surface area contributed by atoms with Crippen LogP contribution >= 0.6 is 0 Å². The summed E-state index contributed by atoms with van der Waals surface area (Å²) >= 11 is 0. The average Bonchev–Trinajstić information content (AvgIpc) is 2.49. The van der Waals surface area contributed by atoms with Crippen molar-refractivity contribution in [2.24, 2.45) is 0 Å². The van der Waals surface area contributed by atoms with Gasteiger partial charge >= 0.3 is 5.97 Å². The summed E-state index contributed by atoms with van der Waals surface area (Å²) in [4.78, 5) is 23.2. The Labute approximate surface area is 118 Å². The number of amides is 1. The standard InChI is InChI=1S/C14H20N2O4/c1-4-7-15-13(17)9-16-12-6-5-10(19-2)8-11(12)14(18)20-3/h5-6,8,16H,4,7,9H2,1-3H3,(H,15,17). The first-order valence-electron chi connectivity index (χ1n) is 6.39. The summed E-state index contributed by atoms with van der Waals surface area (Å²) in [5, 5.41) is 5.67. The highest BCUT2D eigenvalue weighted by Crippen LogP contribution is 2.22. The van der Waals surface area contributed by atoms with Crippen LogP contribution in [0.4, 0.5) is 5.69 Å². The van der Waals surface area contributed by atoms with Gasteiger partial charge in [-0.3, -0.25) is 4.79 Å². The summed E-state index contributed by atoms with van der Waals surface area (Å²) in [6.07, 6.45) is 0.877. The summed E-state index contributed by atoms with van der Waals surface area (Å²) in [7, 11) is 2.82. The maximum atomic E-state index is 11.7. The van der Waals surface area contributed by atoms with Gasteiger partial charge in [0.25, 0.3) is 0 Å². The van der Waals surface area contributed by atoms with E-state index in [1.807, 2.05) is 6.92 Å². The molecular weight excluding hydrogens is 260 g/mol. The van der Waals surface area contributed by atoms with Gasteiger partial charge in [-0.1, -0.05) is 6.92 Å². The van der Waals surface area contributed by atoms with Crippen molar-refractivity contribution >= 4 is 17.6 Å². The molecule has 6 heteroatoms. The highest BCUT2D eigenvalue weighted by Gasteiger charge is 2.13. The summed E-state index contributed by atoms with van der Waals surface area (Å²) in [5.41, 5.74) is 0.861. The van der Waals surface area contributed by atoms with Gasteiger partial charge in [0.05, 0.1) is 26.3 Å². The Morgan fingerprint density at radius 1 is 1.25 bits per heavy atom. The molecule has 2 N–H and O–H groups in total. The average molecular weight is 280 g/mol.